The molecule has 74 valence electrons. The summed E-state index contributed by atoms with van der Waals surface area (Å²) in [6, 6.07) is 10.1. The zero-order valence-electron chi connectivity index (χ0n) is 8.45. The van der Waals surface area contributed by atoms with Crippen LogP contribution < -0.4 is 10.1 Å². The molecule has 3 heteroatoms. The zero-order valence-corrected chi connectivity index (χ0v) is 8.45. The number of nitriles is 1. The Balaban J connectivity index is 2.70. The number of hydrogen-bond acceptors (Lipinski definition) is 3. The highest BCUT2D eigenvalue weighted by Gasteiger charge is 2.04. The molecule has 0 saturated heterocycles. The second-order valence-electron chi connectivity index (χ2n) is 3.04. The van der Waals surface area contributed by atoms with Gasteiger partial charge in [-0.3, -0.25) is 5.32 Å². The van der Waals surface area contributed by atoms with Crippen LogP contribution in [0.4, 0.5) is 0 Å². The van der Waals surface area contributed by atoms with Gasteiger partial charge in [-0.1, -0.05) is 12.1 Å². The lowest BCUT2D eigenvalue weighted by Crippen LogP contribution is -2.18. The number of hydrogen-bond donors (Lipinski definition) is 1. The second kappa shape index (κ2) is 5.25. The summed E-state index contributed by atoms with van der Waals surface area (Å²) in [6.07, 6.45) is 0. The van der Waals surface area contributed by atoms with Crippen LogP contribution in [0.2, 0.25) is 0 Å². The monoisotopic (exact) mass is 190 g/mol. The van der Waals surface area contributed by atoms with Crippen LogP contribution in [0.1, 0.15) is 18.5 Å². The highest BCUT2D eigenvalue weighted by molar-refractivity contribution is 5.30. The van der Waals surface area contributed by atoms with E-state index in [-0.39, 0.29) is 6.04 Å². The molecule has 0 saturated carbocycles. The van der Waals surface area contributed by atoms with Gasteiger partial charge in [0.05, 0.1) is 19.7 Å². The minimum atomic E-state index is 0.171. The fraction of sp³-hybridized carbons (Fsp3) is 0.364. The molecule has 1 N–H and O–H groups in total. The van der Waals surface area contributed by atoms with E-state index in [9.17, 15) is 0 Å². The molecule has 0 aliphatic heterocycles. The van der Waals surface area contributed by atoms with Crippen molar-refractivity contribution in [3.8, 4) is 11.8 Å². The van der Waals surface area contributed by atoms with E-state index in [0.29, 0.717) is 6.54 Å². The van der Waals surface area contributed by atoms with Crippen LogP contribution in [0, 0.1) is 11.3 Å². The molecule has 0 heterocycles. The quantitative estimate of drug-likeness (QED) is 0.737. The lowest BCUT2D eigenvalue weighted by Gasteiger charge is -2.12. The Bertz CT molecular complexity index is 330. The fourth-order valence-corrected chi connectivity index (χ4v) is 1.23. The van der Waals surface area contributed by atoms with E-state index < -0.39 is 0 Å². The standard InChI is InChI=1S/C11H14N2O/c1-9(13-7-6-12)10-4-3-5-11(8-10)14-2/h3-5,8-9,13H,7H2,1-2H3/t9-/m0/s1. The molecule has 3 nitrogen and oxygen atoms in total. The third-order valence-corrected chi connectivity index (χ3v) is 2.08. The average molecular weight is 190 g/mol. The third-order valence-electron chi connectivity index (χ3n) is 2.08. The van der Waals surface area contributed by atoms with Gasteiger partial charge < -0.3 is 4.74 Å². The summed E-state index contributed by atoms with van der Waals surface area (Å²) in [4.78, 5) is 0. The Hall–Kier alpha value is -1.53. The average Bonchev–Trinajstić information content (AvgIpc) is 2.26. The number of benzene rings is 1. The Labute approximate surface area is 84.3 Å². The molecule has 0 fully saturated rings. The van der Waals surface area contributed by atoms with Crippen LogP contribution >= 0.6 is 0 Å². The van der Waals surface area contributed by atoms with Crippen LogP contribution in [-0.2, 0) is 0 Å². The molecule has 0 spiro atoms. The minimum absolute atomic E-state index is 0.171. The molecular weight excluding hydrogens is 176 g/mol. The predicted molar refractivity (Wildman–Crippen MR) is 55.0 cm³/mol. The van der Waals surface area contributed by atoms with E-state index in [4.69, 9.17) is 10.00 Å². The van der Waals surface area contributed by atoms with Crippen molar-refractivity contribution < 1.29 is 4.74 Å². The van der Waals surface area contributed by atoms with Crippen molar-refractivity contribution in [1.82, 2.24) is 5.32 Å². The van der Waals surface area contributed by atoms with Crippen LogP contribution in [-0.4, -0.2) is 13.7 Å². The Morgan fingerprint density at radius 1 is 1.57 bits per heavy atom. The molecular formula is C11H14N2O. The molecule has 0 aromatic heterocycles. The maximum Gasteiger partial charge on any atom is 0.119 e. The van der Waals surface area contributed by atoms with Crippen molar-refractivity contribution in [2.45, 2.75) is 13.0 Å². The summed E-state index contributed by atoms with van der Waals surface area (Å²) in [5.74, 6) is 0.841. The minimum Gasteiger partial charge on any atom is -0.497 e. The van der Waals surface area contributed by atoms with Gasteiger partial charge in [0.25, 0.3) is 0 Å². The van der Waals surface area contributed by atoms with E-state index in [2.05, 4.69) is 11.4 Å². The highest BCUT2D eigenvalue weighted by Crippen LogP contribution is 2.18. The molecule has 0 unspecified atom stereocenters. The van der Waals surface area contributed by atoms with Crippen molar-refractivity contribution in [1.29, 1.82) is 5.26 Å². The number of ether oxygens (including phenoxy) is 1. The lowest BCUT2D eigenvalue weighted by atomic mass is 10.1. The number of nitrogens with zero attached hydrogens (tertiary/aromatic N) is 1. The summed E-state index contributed by atoms with van der Waals surface area (Å²) < 4.78 is 5.12. The van der Waals surface area contributed by atoms with Crippen LogP contribution in [0.5, 0.6) is 5.75 Å². The maximum atomic E-state index is 8.43. The van der Waals surface area contributed by atoms with Crippen LogP contribution in [0.15, 0.2) is 24.3 Å². The second-order valence-corrected chi connectivity index (χ2v) is 3.04. The van der Waals surface area contributed by atoms with Gasteiger partial charge in [0.2, 0.25) is 0 Å². The Morgan fingerprint density at radius 3 is 3.00 bits per heavy atom. The molecule has 0 bridgehead atoms. The van der Waals surface area contributed by atoms with E-state index >= 15 is 0 Å². The maximum absolute atomic E-state index is 8.43. The SMILES string of the molecule is COc1cccc([C@H](C)NCC#N)c1. The van der Waals surface area contributed by atoms with Gasteiger partial charge >= 0.3 is 0 Å². The molecule has 1 rings (SSSR count). The summed E-state index contributed by atoms with van der Waals surface area (Å²) in [5, 5.41) is 11.5. The topological polar surface area (TPSA) is 45.0 Å². The largest absolute Gasteiger partial charge is 0.497 e. The summed E-state index contributed by atoms with van der Waals surface area (Å²) in [7, 11) is 1.65. The van der Waals surface area contributed by atoms with E-state index in [0.717, 1.165) is 11.3 Å². The molecule has 1 atom stereocenters. The third kappa shape index (κ3) is 2.75. The van der Waals surface area contributed by atoms with Gasteiger partial charge in [0.1, 0.15) is 5.75 Å². The fourth-order valence-electron chi connectivity index (χ4n) is 1.23. The number of nitrogens with one attached hydrogen (secondary N) is 1. The van der Waals surface area contributed by atoms with Crippen LogP contribution in [0.3, 0.4) is 0 Å². The van der Waals surface area contributed by atoms with Gasteiger partial charge in [-0.05, 0) is 24.6 Å². The van der Waals surface area contributed by atoms with Gasteiger partial charge in [0.15, 0.2) is 0 Å². The molecule has 14 heavy (non-hydrogen) atoms. The van der Waals surface area contributed by atoms with Crippen molar-refractivity contribution in [2.24, 2.45) is 0 Å². The molecule has 0 radical (unpaired) electrons. The highest BCUT2D eigenvalue weighted by atomic mass is 16.5. The van der Waals surface area contributed by atoms with Crippen molar-refractivity contribution in [2.75, 3.05) is 13.7 Å². The van der Waals surface area contributed by atoms with Crippen molar-refractivity contribution in [3.05, 3.63) is 29.8 Å². The summed E-state index contributed by atoms with van der Waals surface area (Å²) >= 11 is 0. The Morgan fingerprint density at radius 2 is 2.36 bits per heavy atom. The first-order valence-electron chi connectivity index (χ1n) is 4.52. The first kappa shape index (κ1) is 10.6. The van der Waals surface area contributed by atoms with Crippen molar-refractivity contribution in [3.63, 3.8) is 0 Å². The van der Waals surface area contributed by atoms with Gasteiger partial charge in [-0.15, -0.1) is 0 Å². The normalized spacial score (nSPS) is 11.8. The molecule has 0 amide bonds. The van der Waals surface area contributed by atoms with Crippen molar-refractivity contribution >= 4 is 0 Å². The summed E-state index contributed by atoms with van der Waals surface area (Å²) in [5.41, 5.74) is 1.12. The first-order chi connectivity index (χ1) is 6.77. The zero-order chi connectivity index (χ0) is 10.4. The van der Waals surface area contributed by atoms with Gasteiger partial charge in [-0.25, -0.2) is 0 Å². The number of methoxy groups -OCH3 is 1. The van der Waals surface area contributed by atoms with Gasteiger partial charge in [-0.2, -0.15) is 5.26 Å². The molecule has 0 aliphatic rings. The predicted octanol–water partition coefficient (Wildman–Crippen LogP) is 1.87. The lowest BCUT2D eigenvalue weighted by molar-refractivity contribution is 0.413. The number of rotatable bonds is 4. The van der Waals surface area contributed by atoms with Gasteiger partial charge in [0, 0.05) is 6.04 Å². The molecule has 0 aliphatic carbocycles. The molecule has 1 aromatic carbocycles. The van der Waals surface area contributed by atoms with Crippen LogP contribution in [0.25, 0.3) is 0 Å². The first-order valence-corrected chi connectivity index (χ1v) is 4.52. The Kier molecular flexibility index (Phi) is 3.96. The smallest absolute Gasteiger partial charge is 0.119 e. The summed E-state index contributed by atoms with van der Waals surface area (Å²) in [6.45, 7) is 2.38. The van der Waals surface area contributed by atoms with E-state index in [1.807, 2.05) is 31.2 Å². The molecule has 1 aromatic rings. The van der Waals surface area contributed by atoms with E-state index in [1.54, 1.807) is 7.11 Å². The van der Waals surface area contributed by atoms with E-state index in [1.165, 1.54) is 0 Å².